The van der Waals surface area contributed by atoms with E-state index in [2.05, 4.69) is 19.7 Å². The Morgan fingerprint density at radius 2 is 1.93 bits per heavy atom. The van der Waals surface area contributed by atoms with Crippen molar-refractivity contribution in [2.24, 2.45) is 7.05 Å². The number of anilines is 1. The Bertz CT molecular complexity index is 1270. The average molecular weight is 411 g/mol. The van der Waals surface area contributed by atoms with Crippen molar-refractivity contribution in [1.29, 1.82) is 0 Å². The zero-order valence-electron chi connectivity index (χ0n) is 16.7. The fraction of sp³-hybridized carbons (Fsp3) is 0.250. The fourth-order valence-electron chi connectivity index (χ4n) is 3.18. The summed E-state index contributed by atoms with van der Waals surface area (Å²) < 4.78 is 32.1. The van der Waals surface area contributed by atoms with Gasteiger partial charge in [0.25, 0.3) is 10.0 Å². The van der Waals surface area contributed by atoms with Crippen molar-refractivity contribution in [3.05, 3.63) is 60.4 Å². The summed E-state index contributed by atoms with van der Waals surface area (Å²) in [4.78, 5) is 13.0. The summed E-state index contributed by atoms with van der Waals surface area (Å²) in [5.74, 6) is 1.42. The van der Waals surface area contributed by atoms with Gasteiger partial charge in [0, 0.05) is 43.3 Å². The summed E-state index contributed by atoms with van der Waals surface area (Å²) in [5, 5.41) is 0.00503. The molecule has 0 aliphatic carbocycles. The van der Waals surface area contributed by atoms with Gasteiger partial charge in [-0.1, -0.05) is 26.0 Å². The SMILES string of the molecule is Cc1ccc(-c2cn3cccnc3n2)cc1NS(=O)(=O)c1cn(C)c(C(C)C)n1. The molecule has 0 bridgehead atoms. The van der Waals surface area contributed by atoms with Crippen LogP contribution in [-0.2, 0) is 17.1 Å². The van der Waals surface area contributed by atoms with Gasteiger partial charge in [0.15, 0.2) is 5.03 Å². The Morgan fingerprint density at radius 3 is 2.62 bits per heavy atom. The maximum absolute atomic E-state index is 12.9. The zero-order chi connectivity index (χ0) is 20.8. The molecule has 0 saturated carbocycles. The van der Waals surface area contributed by atoms with Crippen molar-refractivity contribution >= 4 is 21.5 Å². The molecule has 8 nitrogen and oxygen atoms in total. The number of nitrogens with zero attached hydrogens (tertiary/aromatic N) is 5. The van der Waals surface area contributed by atoms with Crippen molar-refractivity contribution in [2.75, 3.05) is 4.72 Å². The Morgan fingerprint density at radius 1 is 1.14 bits per heavy atom. The number of hydrogen-bond acceptors (Lipinski definition) is 5. The first kappa shape index (κ1) is 19.1. The fourth-order valence-corrected chi connectivity index (χ4v) is 4.30. The van der Waals surface area contributed by atoms with Crippen LogP contribution in [-0.4, -0.2) is 32.3 Å². The molecule has 4 rings (SSSR count). The number of rotatable bonds is 5. The van der Waals surface area contributed by atoms with Crippen LogP contribution < -0.4 is 4.72 Å². The Kier molecular flexibility index (Phi) is 4.62. The number of benzene rings is 1. The minimum absolute atomic E-state index is 0.00503. The quantitative estimate of drug-likeness (QED) is 0.544. The molecule has 0 amide bonds. The molecule has 3 heterocycles. The first-order chi connectivity index (χ1) is 13.7. The number of sulfonamides is 1. The highest BCUT2D eigenvalue weighted by Crippen LogP contribution is 2.27. The summed E-state index contributed by atoms with van der Waals surface area (Å²) >= 11 is 0. The topological polar surface area (TPSA) is 94.2 Å². The van der Waals surface area contributed by atoms with Crippen molar-refractivity contribution in [3.8, 4) is 11.3 Å². The van der Waals surface area contributed by atoms with E-state index in [-0.39, 0.29) is 10.9 Å². The first-order valence-corrected chi connectivity index (χ1v) is 10.7. The third kappa shape index (κ3) is 3.61. The molecule has 0 saturated heterocycles. The molecule has 150 valence electrons. The van der Waals surface area contributed by atoms with E-state index in [0.29, 0.717) is 23.0 Å². The van der Waals surface area contributed by atoms with Crippen LogP contribution in [0.2, 0.25) is 0 Å². The van der Waals surface area contributed by atoms with E-state index < -0.39 is 10.0 Å². The molecular formula is C20H22N6O2S. The van der Waals surface area contributed by atoms with Gasteiger partial charge < -0.3 is 4.57 Å². The van der Waals surface area contributed by atoms with E-state index in [1.807, 2.05) is 55.8 Å². The predicted molar refractivity (Wildman–Crippen MR) is 111 cm³/mol. The number of nitrogens with one attached hydrogen (secondary N) is 1. The Balaban J connectivity index is 1.70. The number of aryl methyl sites for hydroxylation is 2. The lowest BCUT2D eigenvalue weighted by Crippen LogP contribution is -2.14. The van der Waals surface area contributed by atoms with Gasteiger partial charge in [-0.15, -0.1) is 0 Å². The van der Waals surface area contributed by atoms with Crippen molar-refractivity contribution in [3.63, 3.8) is 0 Å². The van der Waals surface area contributed by atoms with Gasteiger partial charge in [0.2, 0.25) is 5.78 Å². The predicted octanol–water partition coefficient (Wildman–Crippen LogP) is 3.36. The molecule has 3 aromatic heterocycles. The third-order valence-electron chi connectivity index (χ3n) is 4.70. The molecule has 4 aromatic rings. The zero-order valence-corrected chi connectivity index (χ0v) is 17.5. The molecule has 1 aromatic carbocycles. The number of imidazole rings is 2. The lowest BCUT2D eigenvalue weighted by molar-refractivity contribution is 0.597. The monoisotopic (exact) mass is 410 g/mol. The van der Waals surface area contributed by atoms with Crippen LogP contribution in [0.5, 0.6) is 0 Å². The van der Waals surface area contributed by atoms with Crippen molar-refractivity contribution in [1.82, 2.24) is 23.9 Å². The largest absolute Gasteiger partial charge is 0.336 e. The minimum atomic E-state index is -3.81. The van der Waals surface area contributed by atoms with Gasteiger partial charge in [-0.25, -0.2) is 15.0 Å². The highest BCUT2D eigenvalue weighted by atomic mass is 32.2. The van der Waals surface area contributed by atoms with E-state index in [9.17, 15) is 8.42 Å². The highest BCUT2D eigenvalue weighted by Gasteiger charge is 2.22. The lowest BCUT2D eigenvalue weighted by atomic mass is 10.1. The van der Waals surface area contributed by atoms with Gasteiger partial charge in [-0.3, -0.25) is 9.12 Å². The van der Waals surface area contributed by atoms with E-state index in [1.54, 1.807) is 23.9 Å². The molecule has 0 aliphatic rings. The first-order valence-electron chi connectivity index (χ1n) is 9.21. The van der Waals surface area contributed by atoms with E-state index in [4.69, 9.17) is 0 Å². The maximum atomic E-state index is 12.9. The van der Waals surface area contributed by atoms with Crippen molar-refractivity contribution in [2.45, 2.75) is 31.7 Å². The van der Waals surface area contributed by atoms with Gasteiger partial charge >= 0.3 is 0 Å². The summed E-state index contributed by atoms with van der Waals surface area (Å²) in [6.45, 7) is 5.80. The average Bonchev–Trinajstić information content (AvgIpc) is 3.27. The van der Waals surface area contributed by atoms with E-state index >= 15 is 0 Å². The van der Waals surface area contributed by atoms with E-state index in [0.717, 1.165) is 11.1 Å². The van der Waals surface area contributed by atoms with Gasteiger partial charge in [0.1, 0.15) is 5.82 Å². The standard InChI is InChI=1S/C20H22N6O2S/c1-13(2)19-23-18(12-25(19)4)29(27,28)24-16-10-15(7-6-14(16)3)17-11-26-9-5-8-21-20(26)22-17/h5-13,24H,1-4H3. The van der Waals surface area contributed by atoms with Crippen molar-refractivity contribution < 1.29 is 8.42 Å². The highest BCUT2D eigenvalue weighted by molar-refractivity contribution is 7.92. The molecule has 0 aliphatic heterocycles. The number of hydrogen-bond donors (Lipinski definition) is 1. The van der Waals surface area contributed by atoms with Crippen LogP contribution >= 0.6 is 0 Å². The minimum Gasteiger partial charge on any atom is -0.336 e. The summed E-state index contributed by atoms with van der Waals surface area (Å²) in [6.07, 6.45) is 6.94. The van der Waals surface area contributed by atoms with Crippen LogP contribution in [0.4, 0.5) is 5.69 Å². The Labute approximate surface area is 169 Å². The Hall–Kier alpha value is -3.20. The van der Waals surface area contributed by atoms with Gasteiger partial charge in [-0.05, 0) is 24.6 Å². The van der Waals surface area contributed by atoms with Crippen LogP contribution in [0.15, 0.2) is 54.1 Å². The second-order valence-corrected chi connectivity index (χ2v) is 8.92. The van der Waals surface area contributed by atoms with Gasteiger partial charge in [-0.2, -0.15) is 8.42 Å². The molecule has 0 radical (unpaired) electrons. The summed E-state index contributed by atoms with van der Waals surface area (Å²) in [5.41, 5.74) is 2.80. The summed E-state index contributed by atoms with van der Waals surface area (Å²) in [6, 6.07) is 7.38. The lowest BCUT2D eigenvalue weighted by Gasteiger charge is -2.10. The smallest absolute Gasteiger partial charge is 0.280 e. The molecule has 0 spiro atoms. The van der Waals surface area contributed by atoms with Crippen LogP contribution in [0, 0.1) is 6.92 Å². The van der Waals surface area contributed by atoms with Gasteiger partial charge in [0.05, 0.1) is 11.4 Å². The van der Waals surface area contributed by atoms with Crippen LogP contribution in [0.25, 0.3) is 17.0 Å². The molecule has 0 unspecified atom stereocenters. The van der Waals surface area contributed by atoms with Crippen LogP contribution in [0.1, 0.15) is 31.2 Å². The molecule has 1 N–H and O–H groups in total. The van der Waals surface area contributed by atoms with E-state index in [1.165, 1.54) is 6.20 Å². The van der Waals surface area contributed by atoms with Crippen LogP contribution in [0.3, 0.4) is 0 Å². The third-order valence-corrected chi connectivity index (χ3v) is 5.93. The second-order valence-electron chi connectivity index (χ2n) is 7.29. The molecular weight excluding hydrogens is 388 g/mol. The molecule has 0 fully saturated rings. The molecule has 0 atom stereocenters. The second kappa shape index (κ2) is 7.00. The molecule has 9 heteroatoms. The maximum Gasteiger partial charge on any atom is 0.280 e. The molecule has 29 heavy (non-hydrogen) atoms. The number of fused-ring (bicyclic) bond motifs is 1. The normalized spacial score (nSPS) is 12.0. The summed E-state index contributed by atoms with van der Waals surface area (Å²) in [7, 11) is -2.02. The number of aromatic nitrogens is 5.